The van der Waals surface area contributed by atoms with E-state index in [4.69, 9.17) is 11.6 Å². The Hall–Kier alpha value is -3.59. The summed E-state index contributed by atoms with van der Waals surface area (Å²) in [6.07, 6.45) is -2.93. The molecule has 0 aliphatic carbocycles. The summed E-state index contributed by atoms with van der Waals surface area (Å²) in [6, 6.07) is 14.7. The van der Waals surface area contributed by atoms with Gasteiger partial charge in [-0.2, -0.15) is 13.2 Å². The summed E-state index contributed by atoms with van der Waals surface area (Å²) in [4.78, 5) is 32.7. The molecule has 0 amide bonds. The number of carbonyl (C=O) groups is 2. The van der Waals surface area contributed by atoms with Gasteiger partial charge in [-0.1, -0.05) is 11.6 Å². The van der Waals surface area contributed by atoms with Crippen LogP contribution in [-0.2, 0) is 0 Å². The third-order valence-electron chi connectivity index (χ3n) is 6.37. The van der Waals surface area contributed by atoms with Gasteiger partial charge in [0.15, 0.2) is 0 Å². The number of nitrogens with zero attached hydrogens (tertiary/aromatic N) is 3. The summed E-state index contributed by atoms with van der Waals surface area (Å²) >= 11 is 5.93. The van der Waals surface area contributed by atoms with Crippen LogP contribution < -0.4 is 9.80 Å². The lowest BCUT2D eigenvalue weighted by Gasteiger charge is -2.35. The van der Waals surface area contributed by atoms with Gasteiger partial charge in [0.1, 0.15) is 5.69 Å². The number of alkyl halides is 3. The first-order valence-electron chi connectivity index (χ1n) is 11.2. The summed E-state index contributed by atoms with van der Waals surface area (Å²) < 4.78 is 39.0. The molecule has 1 aliphatic rings. The van der Waals surface area contributed by atoms with Crippen LogP contribution in [0.5, 0.6) is 0 Å². The van der Waals surface area contributed by atoms with E-state index in [-0.39, 0.29) is 42.8 Å². The Balaban J connectivity index is 1.52. The molecule has 0 bridgehead atoms. The fourth-order valence-electron chi connectivity index (χ4n) is 4.25. The molecular weight excluding hydrogens is 495 g/mol. The molecule has 1 N–H and O–H groups in total. The minimum atomic E-state index is -4.26. The Morgan fingerprint density at radius 3 is 2.22 bits per heavy atom. The molecule has 10 heteroatoms. The quantitative estimate of drug-likeness (QED) is 0.392. The first-order chi connectivity index (χ1) is 17.0. The van der Waals surface area contributed by atoms with Crippen LogP contribution >= 0.6 is 11.6 Å². The number of benzene rings is 2. The molecule has 188 valence electrons. The number of halogens is 4. The van der Waals surface area contributed by atoms with Crippen molar-refractivity contribution in [2.75, 3.05) is 29.9 Å². The van der Waals surface area contributed by atoms with Crippen LogP contribution in [0.2, 0.25) is 5.02 Å². The monoisotopic (exact) mass is 517 g/mol. The van der Waals surface area contributed by atoms with Gasteiger partial charge in [0.25, 0.3) is 0 Å². The summed E-state index contributed by atoms with van der Waals surface area (Å²) in [6.45, 7) is 0.170. The van der Waals surface area contributed by atoms with Crippen molar-refractivity contribution in [1.82, 2.24) is 4.98 Å². The highest BCUT2D eigenvalue weighted by molar-refractivity contribution is 6.30. The predicted molar refractivity (Wildman–Crippen MR) is 132 cm³/mol. The molecular formula is C26H23ClF3N3O3. The Morgan fingerprint density at radius 2 is 1.67 bits per heavy atom. The van der Waals surface area contributed by atoms with Crippen LogP contribution in [0.15, 0.2) is 60.8 Å². The SMILES string of the molecule is CN(c1ccc(Cl)cc1)c1ccc(C(=O)c2ccc(N3CCC(C(F)(F)F)CC3)c(C(=O)O)c2)nc1. The van der Waals surface area contributed by atoms with Gasteiger partial charge in [0.2, 0.25) is 5.78 Å². The maximum Gasteiger partial charge on any atom is 0.391 e. The third-order valence-corrected chi connectivity index (χ3v) is 6.62. The molecule has 1 aliphatic heterocycles. The molecule has 1 saturated heterocycles. The number of piperidine rings is 1. The Morgan fingerprint density at radius 1 is 1.03 bits per heavy atom. The Kier molecular flexibility index (Phi) is 7.21. The molecule has 1 fully saturated rings. The van der Waals surface area contributed by atoms with Gasteiger partial charge in [-0.05, 0) is 67.4 Å². The van der Waals surface area contributed by atoms with E-state index in [1.54, 1.807) is 35.4 Å². The molecule has 1 aromatic heterocycles. The molecule has 2 heterocycles. The highest BCUT2D eigenvalue weighted by Gasteiger charge is 2.41. The maximum atomic E-state index is 13.0. The molecule has 0 unspecified atom stereocenters. The average Bonchev–Trinajstić information content (AvgIpc) is 2.87. The van der Waals surface area contributed by atoms with Crippen molar-refractivity contribution in [1.29, 1.82) is 0 Å². The van der Waals surface area contributed by atoms with Gasteiger partial charge in [-0.25, -0.2) is 4.79 Å². The van der Waals surface area contributed by atoms with Crippen molar-refractivity contribution < 1.29 is 27.9 Å². The van der Waals surface area contributed by atoms with E-state index in [9.17, 15) is 27.9 Å². The van der Waals surface area contributed by atoms with Gasteiger partial charge in [0.05, 0.1) is 29.1 Å². The summed E-state index contributed by atoms with van der Waals surface area (Å²) in [5, 5.41) is 10.3. The molecule has 4 rings (SSSR count). The number of carbonyl (C=O) groups excluding carboxylic acids is 1. The van der Waals surface area contributed by atoms with Crippen LogP contribution in [-0.4, -0.2) is 48.2 Å². The molecule has 2 aromatic carbocycles. The largest absolute Gasteiger partial charge is 0.478 e. The number of rotatable bonds is 6. The molecule has 0 spiro atoms. The van der Waals surface area contributed by atoms with Crippen molar-refractivity contribution in [3.05, 3.63) is 82.6 Å². The van der Waals surface area contributed by atoms with Gasteiger partial charge >= 0.3 is 12.1 Å². The van der Waals surface area contributed by atoms with Crippen molar-refractivity contribution >= 4 is 40.4 Å². The van der Waals surface area contributed by atoms with Crippen molar-refractivity contribution in [2.24, 2.45) is 5.92 Å². The fourth-order valence-corrected chi connectivity index (χ4v) is 4.38. The minimum Gasteiger partial charge on any atom is -0.478 e. The zero-order valence-electron chi connectivity index (χ0n) is 19.3. The lowest BCUT2D eigenvalue weighted by molar-refractivity contribution is -0.179. The van der Waals surface area contributed by atoms with Crippen LogP contribution in [0.4, 0.5) is 30.2 Å². The minimum absolute atomic E-state index is 0.0852. The number of carboxylic acid groups (broad SMARTS) is 1. The topological polar surface area (TPSA) is 73.7 Å². The van der Waals surface area contributed by atoms with Crippen LogP contribution in [0.3, 0.4) is 0 Å². The Bertz CT molecular complexity index is 1260. The zero-order chi connectivity index (χ0) is 26.0. The first kappa shape index (κ1) is 25.5. The number of carboxylic acids is 1. The van der Waals surface area contributed by atoms with E-state index in [0.717, 1.165) is 11.4 Å². The smallest absolute Gasteiger partial charge is 0.391 e. The lowest BCUT2D eigenvalue weighted by atomic mass is 9.94. The molecule has 3 aromatic rings. The summed E-state index contributed by atoms with van der Waals surface area (Å²) in [7, 11) is 1.84. The Labute approximate surface area is 210 Å². The zero-order valence-corrected chi connectivity index (χ0v) is 20.1. The standard InChI is InChI=1S/C26H23ClF3N3O3/c1-32(19-5-3-18(27)4-6-19)20-7-8-22(31-15-20)24(34)16-2-9-23(21(14-16)25(35)36)33-12-10-17(11-13-33)26(28,29)30/h2-9,14-15,17H,10-13H2,1H3,(H,35,36). The van der Waals surface area contributed by atoms with E-state index in [1.165, 1.54) is 18.2 Å². The van der Waals surface area contributed by atoms with Gasteiger partial charge < -0.3 is 14.9 Å². The van der Waals surface area contributed by atoms with Gasteiger partial charge in [-0.15, -0.1) is 0 Å². The highest BCUT2D eigenvalue weighted by Crippen LogP contribution is 2.36. The molecule has 0 radical (unpaired) electrons. The number of pyridine rings is 1. The number of aromatic nitrogens is 1. The third kappa shape index (κ3) is 5.46. The second-order valence-electron chi connectivity index (χ2n) is 8.61. The van der Waals surface area contributed by atoms with Crippen LogP contribution in [0.1, 0.15) is 39.3 Å². The number of hydrogen-bond acceptors (Lipinski definition) is 5. The van der Waals surface area contributed by atoms with Gasteiger partial charge in [0, 0.05) is 36.4 Å². The normalized spacial score (nSPS) is 14.5. The van der Waals surface area contributed by atoms with Gasteiger partial charge in [-0.3, -0.25) is 9.78 Å². The number of hydrogen-bond donors (Lipinski definition) is 1. The number of anilines is 3. The van der Waals surface area contributed by atoms with E-state index in [0.29, 0.717) is 10.7 Å². The molecule has 0 atom stereocenters. The van der Waals surface area contributed by atoms with E-state index in [1.807, 2.05) is 24.1 Å². The highest BCUT2D eigenvalue weighted by atomic mass is 35.5. The predicted octanol–water partition coefficient (Wildman–Crippen LogP) is 6.21. The maximum absolute atomic E-state index is 13.0. The van der Waals surface area contributed by atoms with Crippen molar-refractivity contribution in [2.45, 2.75) is 19.0 Å². The summed E-state index contributed by atoms with van der Waals surface area (Å²) in [5.41, 5.74) is 2.04. The van der Waals surface area contributed by atoms with E-state index < -0.39 is 23.8 Å². The molecule has 36 heavy (non-hydrogen) atoms. The lowest BCUT2D eigenvalue weighted by Crippen LogP contribution is -2.39. The van der Waals surface area contributed by atoms with E-state index >= 15 is 0 Å². The van der Waals surface area contributed by atoms with Crippen molar-refractivity contribution in [3.63, 3.8) is 0 Å². The molecule has 0 saturated carbocycles. The average molecular weight is 518 g/mol. The van der Waals surface area contributed by atoms with Crippen LogP contribution in [0, 0.1) is 5.92 Å². The second-order valence-corrected chi connectivity index (χ2v) is 9.04. The number of ketones is 1. The second kappa shape index (κ2) is 10.2. The first-order valence-corrected chi connectivity index (χ1v) is 11.6. The van der Waals surface area contributed by atoms with Crippen LogP contribution in [0.25, 0.3) is 0 Å². The fraction of sp³-hybridized carbons (Fsp3) is 0.269. The summed E-state index contributed by atoms with van der Waals surface area (Å²) in [5.74, 6) is -3.11. The molecule has 6 nitrogen and oxygen atoms in total. The van der Waals surface area contributed by atoms with Crippen molar-refractivity contribution in [3.8, 4) is 0 Å². The van der Waals surface area contributed by atoms with E-state index in [2.05, 4.69) is 4.98 Å². The number of aromatic carboxylic acids is 1.